The van der Waals surface area contributed by atoms with E-state index in [1.807, 2.05) is 24.7 Å². The molecular weight excluding hydrogens is 324 g/mol. The van der Waals surface area contributed by atoms with Crippen LogP contribution in [-0.2, 0) is 24.9 Å². The molecule has 0 unspecified atom stereocenters. The molecule has 25 heavy (non-hydrogen) atoms. The number of nitrogens with two attached hydrogens (primary N) is 1. The Morgan fingerprint density at radius 1 is 1.32 bits per heavy atom. The molecule has 3 N–H and O–H groups in total. The fourth-order valence-electron chi connectivity index (χ4n) is 1.97. The van der Waals surface area contributed by atoms with Crippen molar-refractivity contribution in [3.63, 3.8) is 0 Å². The Morgan fingerprint density at radius 3 is 2.68 bits per heavy atom. The molecule has 1 amide bonds. The third kappa shape index (κ3) is 5.77. The van der Waals surface area contributed by atoms with E-state index < -0.39 is 0 Å². The molecule has 0 fully saturated rings. The van der Waals surface area contributed by atoms with E-state index in [0.29, 0.717) is 30.6 Å². The molecule has 0 aromatic carbocycles. The van der Waals surface area contributed by atoms with E-state index in [1.165, 1.54) is 6.92 Å². The van der Waals surface area contributed by atoms with Crippen molar-refractivity contribution in [2.75, 3.05) is 0 Å². The van der Waals surface area contributed by atoms with Gasteiger partial charge in [0.05, 0.1) is 24.1 Å². The molecule has 10 heteroatoms. The van der Waals surface area contributed by atoms with Gasteiger partial charge in [0, 0.05) is 32.9 Å². The highest BCUT2D eigenvalue weighted by Crippen LogP contribution is 2.13. The molecule has 3 aromatic heterocycles. The number of primary amides is 1. The second kappa shape index (κ2) is 8.64. The Balaban J connectivity index is 0.000000511. The van der Waals surface area contributed by atoms with Crippen LogP contribution in [0.3, 0.4) is 0 Å². The first-order valence-corrected chi connectivity index (χ1v) is 7.50. The van der Waals surface area contributed by atoms with Gasteiger partial charge in [-0.1, -0.05) is 0 Å². The minimum Gasteiger partial charge on any atom is -0.418 e. The van der Waals surface area contributed by atoms with E-state index in [0.717, 1.165) is 11.4 Å². The topological polar surface area (TPSA) is 138 Å². The maximum atomic E-state index is 9.22. The summed E-state index contributed by atoms with van der Waals surface area (Å²) in [4.78, 5) is 17.3. The Morgan fingerprint density at radius 2 is 2.08 bits per heavy atom. The molecule has 0 saturated heterocycles. The van der Waals surface area contributed by atoms with Crippen LogP contribution >= 0.6 is 0 Å². The summed E-state index contributed by atoms with van der Waals surface area (Å²) in [7, 11) is 1.92. The van der Waals surface area contributed by atoms with Crippen molar-refractivity contribution in [1.82, 2.24) is 35.3 Å². The average Bonchev–Trinajstić information content (AvgIpc) is 3.15. The van der Waals surface area contributed by atoms with Crippen LogP contribution in [0, 0.1) is 6.92 Å². The molecule has 0 bridgehead atoms. The zero-order valence-corrected chi connectivity index (χ0v) is 14.3. The van der Waals surface area contributed by atoms with Crippen LogP contribution in [0.15, 0.2) is 29.1 Å². The van der Waals surface area contributed by atoms with Crippen LogP contribution in [0.1, 0.15) is 24.2 Å². The number of hydrogen-bond donors (Lipinski definition) is 2. The predicted molar refractivity (Wildman–Crippen MR) is 88.7 cm³/mol. The van der Waals surface area contributed by atoms with Crippen molar-refractivity contribution < 1.29 is 9.21 Å². The van der Waals surface area contributed by atoms with E-state index >= 15 is 0 Å². The molecule has 0 atom stereocenters. The number of rotatable bonds is 5. The summed E-state index contributed by atoms with van der Waals surface area (Å²) in [5.74, 6) is 0.547. The molecule has 0 radical (unpaired) electrons. The van der Waals surface area contributed by atoms with E-state index in [1.54, 1.807) is 18.6 Å². The summed E-state index contributed by atoms with van der Waals surface area (Å²) in [6.45, 7) is 4.44. The monoisotopic (exact) mass is 344 g/mol. The van der Waals surface area contributed by atoms with Gasteiger partial charge in [-0.25, -0.2) is 4.98 Å². The Kier molecular flexibility index (Phi) is 6.29. The zero-order chi connectivity index (χ0) is 18.2. The van der Waals surface area contributed by atoms with Gasteiger partial charge in [-0.15, -0.1) is 10.2 Å². The molecule has 3 heterocycles. The molecule has 10 nitrogen and oxygen atoms in total. The fraction of sp³-hybridized carbons (Fsp3) is 0.333. The Bertz CT molecular complexity index is 808. The lowest BCUT2D eigenvalue weighted by molar-refractivity contribution is -0.115. The molecule has 3 aromatic rings. The van der Waals surface area contributed by atoms with Crippen LogP contribution < -0.4 is 11.1 Å². The highest BCUT2D eigenvalue weighted by atomic mass is 16.4. The lowest BCUT2D eigenvalue weighted by atomic mass is 10.3. The molecule has 0 aliphatic carbocycles. The second-order valence-electron chi connectivity index (χ2n) is 5.21. The predicted octanol–water partition coefficient (Wildman–Crippen LogP) is 0.350. The molecule has 0 aliphatic heterocycles. The number of nitrogens with zero attached hydrogens (tertiary/aromatic N) is 6. The zero-order valence-electron chi connectivity index (χ0n) is 14.3. The molecular formula is C15H20N8O2. The van der Waals surface area contributed by atoms with Gasteiger partial charge in [0.25, 0.3) is 5.89 Å². The van der Waals surface area contributed by atoms with Crippen molar-refractivity contribution in [1.29, 1.82) is 0 Å². The van der Waals surface area contributed by atoms with E-state index in [2.05, 4.69) is 36.3 Å². The molecule has 132 valence electrons. The summed E-state index contributed by atoms with van der Waals surface area (Å²) in [6, 6.07) is 2.03. The number of carbonyl (C=O) groups is 1. The summed E-state index contributed by atoms with van der Waals surface area (Å²) in [6.07, 6.45) is 4.77. The first-order chi connectivity index (χ1) is 12.0. The van der Waals surface area contributed by atoms with Gasteiger partial charge in [0.2, 0.25) is 11.8 Å². The third-order valence-electron chi connectivity index (χ3n) is 2.93. The van der Waals surface area contributed by atoms with Gasteiger partial charge in [-0.2, -0.15) is 5.10 Å². The van der Waals surface area contributed by atoms with Gasteiger partial charge in [-0.05, 0) is 13.0 Å². The lowest BCUT2D eigenvalue weighted by Crippen LogP contribution is -2.15. The SMILES string of the molecule is CC(N)=O.Cc1cc(CNCc2nnc(-c3cnccn3)o2)n(C)n1. The largest absolute Gasteiger partial charge is 0.418 e. The number of nitrogens with one attached hydrogen (secondary N) is 1. The average molecular weight is 344 g/mol. The van der Waals surface area contributed by atoms with Crippen molar-refractivity contribution in [3.05, 3.63) is 41.9 Å². The smallest absolute Gasteiger partial charge is 0.267 e. The Hall–Kier alpha value is -3.14. The van der Waals surface area contributed by atoms with E-state index in [9.17, 15) is 4.79 Å². The maximum Gasteiger partial charge on any atom is 0.267 e. The highest BCUT2D eigenvalue weighted by Gasteiger charge is 2.09. The van der Waals surface area contributed by atoms with Crippen LogP contribution in [0.4, 0.5) is 0 Å². The van der Waals surface area contributed by atoms with Crippen molar-refractivity contribution in [3.8, 4) is 11.6 Å². The first-order valence-electron chi connectivity index (χ1n) is 7.50. The number of carbonyl (C=O) groups excluding carboxylic acids is 1. The summed E-state index contributed by atoms with van der Waals surface area (Å²) < 4.78 is 7.38. The summed E-state index contributed by atoms with van der Waals surface area (Å²) >= 11 is 0. The van der Waals surface area contributed by atoms with Crippen LogP contribution in [0.25, 0.3) is 11.6 Å². The van der Waals surface area contributed by atoms with Gasteiger partial charge >= 0.3 is 0 Å². The fourth-order valence-corrected chi connectivity index (χ4v) is 1.97. The normalized spacial score (nSPS) is 10.2. The molecule has 0 spiro atoms. The standard InChI is InChI=1S/C13H15N7O.C2H5NO/c1-9-5-10(20(2)19-9)6-15-8-12-17-18-13(21-12)11-7-14-3-4-16-11;1-2(3)4/h3-5,7,15H,6,8H2,1-2H3;1H3,(H2,3,4). The van der Waals surface area contributed by atoms with Gasteiger partial charge < -0.3 is 15.5 Å². The van der Waals surface area contributed by atoms with Crippen LogP contribution in [-0.4, -0.2) is 35.9 Å². The number of amides is 1. The molecule has 3 rings (SSSR count). The van der Waals surface area contributed by atoms with Crippen molar-refractivity contribution in [2.45, 2.75) is 26.9 Å². The first kappa shape index (κ1) is 18.2. The minimum atomic E-state index is -0.333. The van der Waals surface area contributed by atoms with Gasteiger partial charge in [0.15, 0.2) is 0 Å². The van der Waals surface area contributed by atoms with Gasteiger partial charge in [-0.3, -0.25) is 14.5 Å². The molecule has 0 aliphatic rings. The van der Waals surface area contributed by atoms with Crippen LogP contribution in [0.2, 0.25) is 0 Å². The highest BCUT2D eigenvalue weighted by molar-refractivity contribution is 5.70. The number of aryl methyl sites for hydroxylation is 2. The number of hydrogen-bond acceptors (Lipinski definition) is 8. The van der Waals surface area contributed by atoms with Crippen molar-refractivity contribution >= 4 is 5.91 Å². The molecule has 0 saturated carbocycles. The quantitative estimate of drug-likeness (QED) is 0.676. The van der Waals surface area contributed by atoms with Crippen LogP contribution in [0.5, 0.6) is 0 Å². The summed E-state index contributed by atoms with van der Waals surface area (Å²) in [5, 5.41) is 15.5. The van der Waals surface area contributed by atoms with E-state index in [-0.39, 0.29) is 5.91 Å². The van der Waals surface area contributed by atoms with E-state index in [4.69, 9.17) is 4.42 Å². The third-order valence-corrected chi connectivity index (χ3v) is 2.93. The van der Waals surface area contributed by atoms with Gasteiger partial charge in [0.1, 0.15) is 5.69 Å². The summed E-state index contributed by atoms with van der Waals surface area (Å²) in [5.41, 5.74) is 7.14. The number of aromatic nitrogens is 6. The Labute approximate surface area is 144 Å². The minimum absolute atomic E-state index is 0.333. The maximum absolute atomic E-state index is 9.22. The van der Waals surface area contributed by atoms with Crippen molar-refractivity contribution in [2.24, 2.45) is 12.8 Å². The lowest BCUT2D eigenvalue weighted by Gasteiger charge is -2.01. The second-order valence-corrected chi connectivity index (χ2v) is 5.21.